The van der Waals surface area contributed by atoms with Crippen LogP contribution in [0.15, 0.2) is 4.47 Å². The van der Waals surface area contributed by atoms with Gasteiger partial charge in [-0.15, -0.1) is 0 Å². The van der Waals surface area contributed by atoms with Crippen LogP contribution in [0.5, 0.6) is 0 Å². The van der Waals surface area contributed by atoms with Crippen LogP contribution < -0.4 is 0 Å². The first-order valence-electron chi connectivity index (χ1n) is 7.23. The number of aromatic nitrogens is 2. The fourth-order valence-corrected chi connectivity index (χ4v) is 6.17. The van der Waals surface area contributed by atoms with Gasteiger partial charge >= 0.3 is 0 Å². The van der Waals surface area contributed by atoms with Crippen molar-refractivity contribution in [1.29, 1.82) is 0 Å². The lowest BCUT2D eigenvalue weighted by Crippen LogP contribution is -2.36. The van der Waals surface area contributed by atoms with Crippen LogP contribution in [0.3, 0.4) is 0 Å². The molecule has 0 spiro atoms. The molecule has 2 heterocycles. The first-order chi connectivity index (χ1) is 9.58. The summed E-state index contributed by atoms with van der Waals surface area (Å²) in [6.45, 7) is 7.29. The molecule has 20 heavy (non-hydrogen) atoms. The normalized spacial score (nSPS) is 24.9. The maximum absolute atomic E-state index is 10.6. The van der Waals surface area contributed by atoms with E-state index in [2.05, 4.69) is 41.8 Å². The summed E-state index contributed by atoms with van der Waals surface area (Å²) in [4.78, 5) is 0. The van der Waals surface area contributed by atoms with Gasteiger partial charge in [-0.2, -0.15) is 28.6 Å². The van der Waals surface area contributed by atoms with Gasteiger partial charge in [-0.25, -0.2) is 0 Å². The Bertz CT molecular complexity index is 453. The summed E-state index contributed by atoms with van der Waals surface area (Å²) in [5, 5.41) is 16.1. The second-order valence-corrected chi connectivity index (χ2v) is 8.62. The molecule has 3 nitrogen and oxygen atoms in total. The monoisotopic (exact) mass is 378 g/mol. The Hall–Kier alpha value is 0.350. The zero-order chi connectivity index (χ0) is 14.7. The molecule has 3 atom stereocenters. The lowest BCUT2D eigenvalue weighted by Gasteiger charge is -2.31. The number of thioether (sulfide) groups is 2. The minimum Gasteiger partial charge on any atom is -0.392 e. The van der Waals surface area contributed by atoms with Crippen LogP contribution in [0.1, 0.15) is 32.2 Å². The number of rotatable bonds is 5. The Morgan fingerprint density at radius 3 is 2.70 bits per heavy atom. The SMILES string of the molecule is CCc1nn(CC)c(CC(O)C2SCCSC2C)c1Br. The smallest absolute Gasteiger partial charge is 0.0766 e. The summed E-state index contributed by atoms with van der Waals surface area (Å²) in [7, 11) is 0. The largest absolute Gasteiger partial charge is 0.392 e. The van der Waals surface area contributed by atoms with E-state index in [1.54, 1.807) is 0 Å². The summed E-state index contributed by atoms with van der Waals surface area (Å²) in [6, 6.07) is 0. The summed E-state index contributed by atoms with van der Waals surface area (Å²) in [5.41, 5.74) is 2.23. The van der Waals surface area contributed by atoms with Crippen molar-refractivity contribution in [1.82, 2.24) is 9.78 Å². The highest BCUT2D eigenvalue weighted by atomic mass is 79.9. The van der Waals surface area contributed by atoms with Gasteiger partial charge in [0.25, 0.3) is 0 Å². The summed E-state index contributed by atoms with van der Waals surface area (Å²) < 4.78 is 3.11. The van der Waals surface area contributed by atoms with Crippen molar-refractivity contribution in [3.63, 3.8) is 0 Å². The van der Waals surface area contributed by atoms with Crippen LogP contribution in [0, 0.1) is 0 Å². The first-order valence-corrected chi connectivity index (χ1v) is 10.1. The lowest BCUT2D eigenvalue weighted by molar-refractivity contribution is 0.168. The van der Waals surface area contributed by atoms with Crippen LogP contribution in [0.2, 0.25) is 0 Å². The number of aliphatic hydroxyl groups is 1. The van der Waals surface area contributed by atoms with Crippen LogP contribution in [0.4, 0.5) is 0 Å². The Morgan fingerprint density at radius 1 is 1.40 bits per heavy atom. The van der Waals surface area contributed by atoms with Crippen molar-refractivity contribution in [3.8, 4) is 0 Å². The number of halogens is 1. The van der Waals surface area contributed by atoms with E-state index in [1.165, 1.54) is 5.75 Å². The van der Waals surface area contributed by atoms with Gasteiger partial charge in [-0.1, -0.05) is 13.8 Å². The van der Waals surface area contributed by atoms with Gasteiger partial charge in [0.1, 0.15) is 0 Å². The molecular formula is C14H23BrN2OS2. The Labute approximate surface area is 138 Å². The predicted molar refractivity (Wildman–Crippen MR) is 92.9 cm³/mol. The highest BCUT2D eigenvalue weighted by Crippen LogP contribution is 2.35. The highest BCUT2D eigenvalue weighted by molar-refractivity contribution is 9.10. The Morgan fingerprint density at radius 2 is 2.10 bits per heavy atom. The zero-order valence-electron chi connectivity index (χ0n) is 12.3. The standard InChI is InChI=1S/C14H23BrN2OS2/c1-4-10-13(15)11(17(5-2)16-10)8-12(18)14-9(3)19-6-7-20-14/h9,12,14,18H,4-8H2,1-3H3. The Kier molecular flexibility index (Phi) is 6.32. The second kappa shape index (κ2) is 7.56. The molecule has 0 bridgehead atoms. The fourth-order valence-electron chi connectivity index (χ4n) is 2.60. The molecule has 1 N–H and O–H groups in total. The van der Waals surface area contributed by atoms with E-state index >= 15 is 0 Å². The predicted octanol–water partition coefficient (Wildman–Crippen LogP) is 3.37. The first kappa shape index (κ1) is 16.7. The molecule has 6 heteroatoms. The van der Waals surface area contributed by atoms with Crippen molar-refractivity contribution < 1.29 is 5.11 Å². The molecule has 1 aromatic heterocycles. The highest BCUT2D eigenvalue weighted by Gasteiger charge is 2.30. The maximum atomic E-state index is 10.6. The number of aryl methyl sites for hydroxylation is 2. The quantitative estimate of drug-likeness (QED) is 0.851. The molecule has 3 unspecified atom stereocenters. The average molecular weight is 379 g/mol. The molecule has 1 aromatic rings. The van der Waals surface area contributed by atoms with Gasteiger partial charge in [0, 0.05) is 35.0 Å². The van der Waals surface area contributed by atoms with Gasteiger partial charge in [0.2, 0.25) is 0 Å². The van der Waals surface area contributed by atoms with E-state index < -0.39 is 0 Å². The van der Waals surface area contributed by atoms with Crippen LogP contribution in [0.25, 0.3) is 0 Å². The summed E-state index contributed by atoms with van der Waals surface area (Å²) >= 11 is 7.55. The lowest BCUT2D eigenvalue weighted by atomic mass is 10.1. The molecule has 0 radical (unpaired) electrons. The molecule has 0 amide bonds. The van der Waals surface area contributed by atoms with Gasteiger partial charge in [-0.05, 0) is 29.3 Å². The number of aliphatic hydroxyl groups excluding tert-OH is 1. The average Bonchev–Trinajstić information content (AvgIpc) is 2.75. The molecular weight excluding hydrogens is 356 g/mol. The number of hydrogen-bond acceptors (Lipinski definition) is 4. The van der Waals surface area contributed by atoms with E-state index in [0.717, 1.165) is 34.6 Å². The van der Waals surface area contributed by atoms with Gasteiger partial charge < -0.3 is 5.11 Å². The summed E-state index contributed by atoms with van der Waals surface area (Å²) in [5.74, 6) is 2.34. The molecule has 1 aliphatic rings. The third-order valence-electron chi connectivity index (χ3n) is 3.71. The minimum atomic E-state index is -0.300. The fraction of sp³-hybridized carbons (Fsp3) is 0.786. The van der Waals surface area contributed by atoms with Crippen molar-refractivity contribution in [2.45, 2.75) is 56.8 Å². The van der Waals surface area contributed by atoms with E-state index in [4.69, 9.17) is 0 Å². The van der Waals surface area contributed by atoms with Crippen molar-refractivity contribution in [2.75, 3.05) is 11.5 Å². The van der Waals surface area contributed by atoms with Gasteiger partial charge in [0.05, 0.1) is 22.0 Å². The minimum absolute atomic E-state index is 0.300. The van der Waals surface area contributed by atoms with Crippen LogP contribution in [-0.4, -0.2) is 43.0 Å². The third-order valence-corrected chi connectivity index (χ3v) is 7.86. The molecule has 0 aromatic carbocycles. The number of nitrogens with zero attached hydrogens (tertiary/aromatic N) is 2. The second-order valence-electron chi connectivity index (χ2n) is 5.06. The summed E-state index contributed by atoms with van der Waals surface area (Å²) in [6.07, 6.45) is 1.30. The molecule has 2 rings (SSSR count). The van der Waals surface area contributed by atoms with Crippen LogP contribution in [-0.2, 0) is 19.4 Å². The van der Waals surface area contributed by atoms with E-state index in [-0.39, 0.29) is 6.10 Å². The van der Waals surface area contributed by atoms with E-state index in [9.17, 15) is 5.11 Å². The molecule has 1 fully saturated rings. The molecule has 0 aliphatic carbocycles. The van der Waals surface area contributed by atoms with Gasteiger partial charge in [0.15, 0.2) is 0 Å². The van der Waals surface area contributed by atoms with Crippen molar-refractivity contribution in [3.05, 3.63) is 15.9 Å². The molecule has 114 valence electrons. The molecule has 0 saturated carbocycles. The maximum Gasteiger partial charge on any atom is 0.0766 e. The molecule has 1 saturated heterocycles. The van der Waals surface area contributed by atoms with Crippen LogP contribution >= 0.6 is 39.5 Å². The van der Waals surface area contributed by atoms with E-state index in [1.807, 2.05) is 28.2 Å². The Balaban J connectivity index is 2.14. The third kappa shape index (κ3) is 3.57. The van der Waals surface area contributed by atoms with Gasteiger partial charge in [-0.3, -0.25) is 4.68 Å². The van der Waals surface area contributed by atoms with E-state index in [0.29, 0.717) is 16.9 Å². The topological polar surface area (TPSA) is 38.0 Å². The van der Waals surface area contributed by atoms with Crippen molar-refractivity contribution >= 4 is 39.5 Å². The molecule has 1 aliphatic heterocycles. The zero-order valence-corrected chi connectivity index (χ0v) is 15.5. The number of hydrogen-bond donors (Lipinski definition) is 1. The van der Waals surface area contributed by atoms with Crippen molar-refractivity contribution in [2.24, 2.45) is 0 Å².